The third-order valence-electron chi connectivity index (χ3n) is 4.01. The number of ether oxygens (including phenoxy) is 1. The van der Waals surface area contributed by atoms with E-state index < -0.39 is 0 Å². The van der Waals surface area contributed by atoms with Crippen LogP contribution in [-0.4, -0.2) is 31.9 Å². The van der Waals surface area contributed by atoms with Crippen LogP contribution in [0.15, 0.2) is 29.3 Å². The molecule has 0 bridgehead atoms. The number of amidine groups is 1. The van der Waals surface area contributed by atoms with Gasteiger partial charge in [-0.1, -0.05) is 31.4 Å². The van der Waals surface area contributed by atoms with Gasteiger partial charge in [0, 0.05) is 20.0 Å². The van der Waals surface area contributed by atoms with Gasteiger partial charge in [-0.3, -0.25) is 4.99 Å². The minimum atomic E-state index is 0.650. The van der Waals surface area contributed by atoms with E-state index in [0.717, 1.165) is 12.3 Å². The smallest absolute Gasteiger partial charge is 0.118 e. The molecule has 0 aliphatic heterocycles. The second kappa shape index (κ2) is 7.32. The van der Waals surface area contributed by atoms with Crippen LogP contribution < -0.4 is 4.74 Å². The molecule has 3 nitrogen and oxygen atoms in total. The lowest BCUT2D eigenvalue weighted by molar-refractivity contribution is 0.406. The summed E-state index contributed by atoms with van der Waals surface area (Å²) >= 11 is 0. The molecule has 0 radical (unpaired) electrons. The molecule has 0 saturated heterocycles. The Morgan fingerprint density at radius 2 is 1.80 bits per heavy atom. The summed E-state index contributed by atoms with van der Waals surface area (Å²) in [6, 6.07) is 8.19. The van der Waals surface area contributed by atoms with Gasteiger partial charge in [0.1, 0.15) is 11.6 Å². The van der Waals surface area contributed by atoms with E-state index in [1.165, 1.54) is 43.5 Å². The van der Waals surface area contributed by atoms with Crippen LogP contribution in [0.4, 0.5) is 0 Å². The normalized spacial score (nSPS) is 17.1. The molecule has 1 fully saturated rings. The van der Waals surface area contributed by atoms with Crippen molar-refractivity contribution < 1.29 is 4.74 Å². The van der Waals surface area contributed by atoms with Crippen LogP contribution in [0.25, 0.3) is 0 Å². The Labute approximate surface area is 122 Å². The van der Waals surface area contributed by atoms with E-state index >= 15 is 0 Å². The number of hydrogen-bond donors (Lipinski definition) is 0. The second-order valence-electron chi connectivity index (χ2n) is 5.75. The summed E-state index contributed by atoms with van der Waals surface area (Å²) in [5.74, 6) is 2.82. The number of aliphatic imine (C=N–C) groups is 1. The first-order valence-corrected chi connectivity index (χ1v) is 7.55. The maximum atomic E-state index is 5.18. The first kappa shape index (κ1) is 14.9. The minimum absolute atomic E-state index is 0.650. The number of rotatable bonds is 4. The molecule has 1 aliphatic rings. The van der Waals surface area contributed by atoms with E-state index in [-0.39, 0.29) is 0 Å². The van der Waals surface area contributed by atoms with Crippen molar-refractivity contribution >= 4 is 5.84 Å². The highest BCUT2D eigenvalue weighted by molar-refractivity contribution is 5.84. The zero-order chi connectivity index (χ0) is 14.4. The summed E-state index contributed by atoms with van der Waals surface area (Å²) in [5.41, 5.74) is 1.24. The van der Waals surface area contributed by atoms with E-state index in [4.69, 9.17) is 9.73 Å². The molecule has 1 aromatic rings. The number of nitrogens with zero attached hydrogens (tertiary/aromatic N) is 2. The fourth-order valence-corrected chi connectivity index (χ4v) is 2.90. The Kier molecular flexibility index (Phi) is 5.45. The second-order valence-corrected chi connectivity index (χ2v) is 5.75. The highest BCUT2D eigenvalue weighted by atomic mass is 16.5. The summed E-state index contributed by atoms with van der Waals surface area (Å²) in [6.07, 6.45) is 6.66. The van der Waals surface area contributed by atoms with Crippen molar-refractivity contribution in [2.24, 2.45) is 10.9 Å². The van der Waals surface area contributed by atoms with Crippen LogP contribution in [0, 0.1) is 5.92 Å². The van der Waals surface area contributed by atoms with Gasteiger partial charge in [-0.05, 0) is 30.5 Å². The van der Waals surface area contributed by atoms with Crippen LogP contribution >= 0.6 is 0 Å². The molecule has 1 saturated carbocycles. The quantitative estimate of drug-likeness (QED) is 0.617. The average molecular weight is 274 g/mol. The Morgan fingerprint density at radius 1 is 1.15 bits per heavy atom. The summed E-state index contributed by atoms with van der Waals surface area (Å²) < 4.78 is 5.18. The van der Waals surface area contributed by atoms with Crippen LogP contribution in [0.2, 0.25) is 0 Å². The standard InChI is InChI=1S/C17H26N2O/c1-19(2)17(15-7-5-4-6-8-15)18-13-14-9-11-16(20-3)12-10-14/h9-12,15H,4-8,13H2,1-3H3. The fourth-order valence-electron chi connectivity index (χ4n) is 2.90. The third-order valence-corrected chi connectivity index (χ3v) is 4.01. The van der Waals surface area contributed by atoms with Crippen molar-refractivity contribution in [1.82, 2.24) is 4.90 Å². The molecule has 20 heavy (non-hydrogen) atoms. The molecule has 0 N–H and O–H groups in total. The molecule has 3 heteroatoms. The van der Waals surface area contributed by atoms with Gasteiger partial charge in [0.2, 0.25) is 0 Å². The number of benzene rings is 1. The summed E-state index contributed by atoms with van der Waals surface area (Å²) in [6.45, 7) is 0.758. The minimum Gasteiger partial charge on any atom is -0.497 e. The summed E-state index contributed by atoms with van der Waals surface area (Å²) in [7, 11) is 5.92. The van der Waals surface area contributed by atoms with E-state index in [2.05, 4.69) is 31.1 Å². The molecule has 0 spiro atoms. The average Bonchev–Trinajstić information content (AvgIpc) is 2.49. The maximum absolute atomic E-state index is 5.18. The Hall–Kier alpha value is -1.51. The lowest BCUT2D eigenvalue weighted by Crippen LogP contribution is -2.31. The lowest BCUT2D eigenvalue weighted by Gasteiger charge is -2.28. The molecule has 0 heterocycles. The highest BCUT2D eigenvalue weighted by Gasteiger charge is 2.20. The summed E-state index contributed by atoms with van der Waals surface area (Å²) in [4.78, 5) is 7.07. The predicted octanol–water partition coefficient (Wildman–Crippen LogP) is 3.74. The lowest BCUT2D eigenvalue weighted by atomic mass is 9.88. The monoisotopic (exact) mass is 274 g/mol. The van der Waals surface area contributed by atoms with Gasteiger partial charge in [-0.2, -0.15) is 0 Å². The van der Waals surface area contributed by atoms with E-state index in [1.54, 1.807) is 7.11 Å². The molecule has 0 unspecified atom stereocenters. The molecule has 1 aromatic carbocycles. The Morgan fingerprint density at radius 3 is 2.35 bits per heavy atom. The molecule has 2 rings (SSSR count). The van der Waals surface area contributed by atoms with Gasteiger partial charge in [-0.25, -0.2) is 0 Å². The molecular weight excluding hydrogens is 248 g/mol. The molecule has 110 valence electrons. The Bertz CT molecular complexity index is 431. The van der Waals surface area contributed by atoms with Gasteiger partial charge in [0.05, 0.1) is 13.7 Å². The third kappa shape index (κ3) is 3.99. The van der Waals surface area contributed by atoms with E-state index in [0.29, 0.717) is 5.92 Å². The van der Waals surface area contributed by atoms with Gasteiger partial charge >= 0.3 is 0 Å². The molecule has 1 aliphatic carbocycles. The van der Waals surface area contributed by atoms with Crippen molar-refractivity contribution in [1.29, 1.82) is 0 Å². The van der Waals surface area contributed by atoms with Gasteiger partial charge < -0.3 is 9.64 Å². The van der Waals surface area contributed by atoms with Gasteiger partial charge in [0.25, 0.3) is 0 Å². The van der Waals surface area contributed by atoms with Crippen LogP contribution in [-0.2, 0) is 6.54 Å². The van der Waals surface area contributed by atoms with Gasteiger partial charge in [-0.15, -0.1) is 0 Å². The molecule has 0 atom stereocenters. The van der Waals surface area contributed by atoms with Crippen molar-refractivity contribution in [3.8, 4) is 5.75 Å². The fraction of sp³-hybridized carbons (Fsp3) is 0.588. The van der Waals surface area contributed by atoms with E-state index in [9.17, 15) is 0 Å². The Balaban J connectivity index is 2.04. The van der Waals surface area contributed by atoms with E-state index in [1.807, 2.05) is 12.1 Å². The first-order valence-electron chi connectivity index (χ1n) is 7.55. The van der Waals surface area contributed by atoms with Crippen LogP contribution in [0.5, 0.6) is 5.75 Å². The SMILES string of the molecule is COc1ccc(CN=C(C2CCCCC2)N(C)C)cc1. The zero-order valence-corrected chi connectivity index (χ0v) is 12.9. The molecule has 0 aromatic heterocycles. The maximum Gasteiger partial charge on any atom is 0.118 e. The topological polar surface area (TPSA) is 24.8 Å². The van der Waals surface area contributed by atoms with Crippen molar-refractivity contribution in [2.45, 2.75) is 38.6 Å². The van der Waals surface area contributed by atoms with Crippen LogP contribution in [0.3, 0.4) is 0 Å². The predicted molar refractivity (Wildman–Crippen MR) is 84.4 cm³/mol. The molecular formula is C17H26N2O. The molecule has 0 amide bonds. The largest absolute Gasteiger partial charge is 0.497 e. The number of hydrogen-bond acceptors (Lipinski definition) is 2. The first-order chi connectivity index (χ1) is 9.70. The number of methoxy groups -OCH3 is 1. The van der Waals surface area contributed by atoms with Crippen molar-refractivity contribution in [2.75, 3.05) is 21.2 Å². The van der Waals surface area contributed by atoms with Crippen molar-refractivity contribution in [3.05, 3.63) is 29.8 Å². The van der Waals surface area contributed by atoms with Crippen molar-refractivity contribution in [3.63, 3.8) is 0 Å². The summed E-state index contributed by atoms with van der Waals surface area (Å²) in [5, 5.41) is 0. The highest BCUT2D eigenvalue weighted by Crippen LogP contribution is 2.26. The van der Waals surface area contributed by atoms with Crippen LogP contribution in [0.1, 0.15) is 37.7 Å². The zero-order valence-electron chi connectivity index (χ0n) is 12.9. The van der Waals surface area contributed by atoms with Gasteiger partial charge in [0.15, 0.2) is 0 Å².